The molecule has 0 atom stereocenters. The molecule has 0 heterocycles. The van der Waals surface area contributed by atoms with Gasteiger partial charge in [-0.05, 0) is 31.2 Å². The van der Waals surface area contributed by atoms with Gasteiger partial charge in [0.25, 0.3) is 0 Å². The van der Waals surface area contributed by atoms with Crippen molar-refractivity contribution in [3.05, 3.63) is 34.1 Å². The van der Waals surface area contributed by atoms with Crippen molar-refractivity contribution in [3.8, 4) is 0 Å². The number of nitrogens with one attached hydrogen (secondary N) is 1. The maximum atomic E-state index is 13.4. The molecule has 0 spiro atoms. The maximum Gasteiger partial charge on any atom is 0.176 e. The number of Topliss-reactive ketones (excluding diaryl/α,β-unsaturated/α-hetero) is 1. The number of hydrogen-bond acceptors (Lipinski definition) is 2. The number of ketones is 1. The molecule has 82 valence electrons. The van der Waals surface area contributed by atoms with Crippen molar-refractivity contribution >= 4 is 17.4 Å². The fraction of sp³-hybridized carbons (Fsp3) is 0.364. The van der Waals surface area contributed by atoms with Crippen LogP contribution < -0.4 is 5.32 Å². The molecule has 1 rings (SSSR count). The molecule has 15 heavy (non-hydrogen) atoms. The molecule has 0 radical (unpaired) electrons. The van der Waals surface area contributed by atoms with Crippen LogP contribution in [-0.4, -0.2) is 19.4 Å². The van der Waals surface area contributed by atoms with Crippen LogP contribution in [0.5, 0.6) is 0 Å². The molecule has 0 aliphatic carbocycles. The Bertz CT molecular complexity index is 379. The molecule has 0 saturated carbocycles. The van der Waals surface area contributed by atoms with Gasteiger partial charge in [0.05, 0.1) is 11.6 Å². The van der Waals surface area contributed by atoms with Crippen LogP contribution in [0.2, 0.25) is 5.02 Å². The van der Waals surface area contributed by atoms with Gasteiger partial charge in [0.2, 0.25) is 0 Å². The molecule has 2 nitrogen and oxygen atoms in total. The second kappa shape index (κ2) is 5.24. The predicted octanol–water partition coefficient (Wildman–Crippen LogP) is 2.44. The van der Waals surface area contributed by atoms with Crippen molar-refractivity contribution in [3.63, 3.8) is 0 Å². The molecule has 4 heteroatoms. The van der Waals surface area contributed by atoms with E-state index in [2.05, 4.69) is 5.32 Å². The van der Waals surface area contributed by atoms with Gasteiger partial charge in [0.1, 0.15) is 5.82 Å². The number of benzene rings is 1. The van der Waals surface area contributed by atoms with Crippen molar-refractivity contribution in [2.75, 3.05) is 13.6 Å². The summed E-state index contributed by atoms with van der Waals surface area (Å²) in [4.78, 5) is 11.5. The van der Waals surface area contributed by atoms with Crippen LogP contribution >= 0.6 is 11.6 Å². The summed E-state index contributed by atoms with van der Waals surface area (Å²) < 4.78 is 13.4. The normalized spacial score (nSPS) is 10.4. The van der Waals surface area contributed by atoms with Gasteiger partial charge in [-0.15, -0.1) is 0 Å². The highest BCUT2D eigenvalue weighted by Crippen LogP contribution is 2.21. The molecule has 0 aromatic heterocycles. The van der Waals surface area contributed by atoms with Gasteiger partial charge >= 0.3 is 0 Å². The minimum absolute atomic E-state index is 0.00815. The topological polar surface area (TPSA) is 29.1 Å². The summed E-state index contributed by atoms with van der Waals surface area (Å²) >= 11 is 5.69. The van der Waals surface area contributed by atoms with E-state index in [0.29, 0.717) is 17.5 Å². The Kier molecular flexibility index (Phi) is 4.24. The minimum Gasteiger partial charge on any atom is -0.313 e. The van der Waals surface area contributed by atoms with E-state index < -0.39 is 5.82 Å². The average Bonchev–Trinajstić information content (AvgIpc) is 2.22. The third-order valence-electron chi connectivity index (χ3n) is 2.14. The summed E-state index contributed by atoms with van der Waals surface area (Å²) in [6.45, 7) is 2.05. The summed E-state index contributed by atoms with van der Waals surface area (Å²) in [5, 5.41) is 2.76. The minimum atomic E-state index is -0.430. The van der Waals surface area contributed by atoms with Crippen molar-refractivity contribution < 1.29 is 9.18 Å². The number of carbonyl (C=O) groups excluding carboxylic acids is 1. The highest BCUT2D eigenvalue weighted by atomic mass is 35.5. The summed E-state index contributed by atoms with van der Waals surface area (Å²) in [5.41, 5.74) is 0.926. The van der Waals surface area contributed by atoms with Gasteiger partial charge in [-0.1, -0.05) is 18.5 Å². The number of carbonyl (C=O) groups is 1. The van der Waals surface area contributed by atoms with Gasteiger partial charge in [0.15, 0.2) is 5.78 Å². The molecule has 0 aliphatic rings. The molecule has 0 saturated heterocycles. The zero-order valence-corrected chi connectivity index (χ0v) is 9.49. The standard InChI is InChI=1S/C11H13ClFNO/c1-3-7-4-8(10(15)6-14-2)5-9(12)11(7)13/h4-5,14H,3,6H2,1-2H3. The number of aryl methyl sites for hydroxylation is 1. The van der Waals surface area contributed by atoms with Gasteiger partial charge in [-0.25, -0.2) is 4.39 Å². The number of halogens is 2. The molecular formula is C11H13ClFNO. The zero-order valence-electron chi connectivity index (χ0n) is 8.73. The first kappa shape index (κ1) is 12.1. The first-order valence-corrected chi connectivity index (χ1v) is 5.13. The Labute approximate surface area is 93.4 Å². The SMILES string of the molecule is CCc1cc(C(=O)CNC)cc(Cl)c1F. The zero-order chi connectivity index (χ0) is 11.4. The monoisotopic (exact) mass is 229 g/mol. The van der Waals surface area contributed by atoms with Gasteiger partial charge in [-0.2, -0.15) is 0 Å². The Morgan fingerprint density at radius 1 is 1.53 bits per heavy atom. The van der Waals surface area contributed by atoms with Gasteiger partial charge < -0.3 is 5.32 Å². The van der Waals surface area contributed by atoms with E-state index in [-0.39, 0.29) is 17.4 Å². The molecule has 0 unspecified atom stereocenters. The van der Waals surface area contributed by atoms with E-state index in [1.807, 2.05) is 6.92 Å². The Balaban J connectivity index is 3.10. The largest absolute Gasteiger partial charge is 0.313 e. The van der Waals surface area contributed by atoms with Gasteiger partial charge in [0, 0.05) is 5.56 Å². The average molecular weight is 230 g/mol. The van der Waals surface area contributed by atoms with E-state index in [4.69, 9.17) is 11.6 Å². The number of likely N-dealkylation sites (N-methyl/N-ethyl adjacent to an activating group) is 1. The summed E-state index contributed by atoms with van der Waals surface area (Å²) in [7, 11) is 1.68. The third kappa shape index (κ3) is 2.76. The first-order chi connectivity index (χ1) is 7.10. The molecule has 0 bridgehead atoms. The lowest BCUT2D eigenvalue weighted by Crippen LogP contribution is -2.18. The van der Waals surface area contributed by atoms with E-state index in [9.17, 15) is 9.18 Å². The van der Waals surface area contributed by atoms with Crippen molar-refractivity contribution in [2.45, 2.75) is 13.3 Å². The fourth-order valence-electron chi connectivity index (χ4n) is 1.33. The van der Waals surface area contributed by atoms with Crippen molar-refractivity contribution in [1.82, 2.24) is 5.32 Å². The van der Waals surface area contributed by atoms with Crippen LogP contribution in [0.15, 0.2) is 12.1 Å². The molecule has 1 aromatic carbocycles. The van der Waals surface area contributed by atoms with E-state index in [1.165, 1.54) is 6.07 Å². The summed E-state index contributed by atoms with van der Waals surface area (Å²) in [5.74, 6) is -0.519. The van der Waals surface area contributed by atoms with E-state index in [1.54, 1.807) is 13.1 Å². The first-order valence-electron chi connectivity index (χ1n) is 4.75. The highest BCUT2D eigenvalue weighted by molar-refractivity contribution is 6.31. The van der Waals surface area contributed by atoms with Crippen LogP contribution in [0.3, 0.4) is 0 Å². The maximum absolute atomic E-state index is 13.4. The third-order valence-corrected chi connectivity index (χ3v) is 2.42. The molecule has 0 fully saturated rings. The van der Waals surface area contributed by atoms with Crippen LogP contribution in [-0.2, 0) is 6.42 Å². The van der Waals surface area contributed by atoms with Gasteiger partial charge in [-0.3, -0.25) is 4.79 Å². The fourth-order valence-corrected chi connectivity index (χ4v) is 1.57. The van der Waals surface area contributed by atoms with Crippen LogP contribution in [0, 0.1) is 5.82 Å². The quantitative estimate of drug-likeness (QED) is 0.804. The van der Waals surface area contributed by atoms with Crippen molar-refractivity contribution in [2.24, 2.45) is 0 Å². The summed E-state index contributed by atoms with van der Waals surface area (Å²) in [6, 6.07) is 2.93. The Morgan fingerprint density at radius 2 is 2.20 bits per heavy atom. The molecule has 0 aliphatic heterocycles. The smallest absolute Gasteiger partial charge is 0.176 e. The van der Waals surface area contributed by atoms with Crippen LogP contribution in [0.25, 0.3) is 0 Å². The van der Waals surface area contributed by atoms with E-state index in [0.717, 1.165) is 0 Å². The Morgan fingerprint density at radius 3 is 2.73 bits per heavy atom. The molecule has 1 aromatic rings. The number of hydrogen-bond donors (Lipinski definition) is 1. The van der Waals surface area contributed by atoms with Crippen LogP contribution in [0.1, 0.15) is 22.8 Å². The second-order valence-corrected chi connectivity index (χ2v) is 3.65. The predicted molar refractivity (Wildman–Crippen MR) is 59.0 cm³/mol. The summed E-state index contributed by atoms with van der Waals surface area (Å²) in [6.07, 6.45) is 0.520. The Hall–Kier alpha value is -0.930. The lowest BCUT2D eigenvalue weighted by Gasteiger charge is -2.06. The van der Waals surface area contributed by atoms with E-state index >= 15 is 0 Å². The van der Waals surface area contributed by atoms with Crippen LogP contribution in [0.4, 0.5) is 4.39 Å². The molecule has 1 N–H and O–H groups in total. The lowest BCUT2D eigenvalue weighted by molar-refractivity contribution is 0.0993. The second-order valence-electron chi connectivity index (χ2n) is 3.24. The van der Waals surface area contributed by atoms with Crippen molar-refractivity contribution in [1.29, 1.82) is 0 Å². The molecule has 0 amide bonds. The highest BCUT2D eigenvalue weighted by Gasteiger charge is 2.12. The lowest BCUT2D eigenvalue weighted by atomic mass is 10.0. The number of rotatable bonds is 4. The molecular weight excluding hydrogens is 217 g/mol.